The van der Waals surface area contributed by atoms with Gasteiger partial charge in [-0.15, -0.1) is 0 Å². The number of hydrogen-bond donors (Lipinski definition) is 1. The maximum absolute atomic E-state index is 11.4. The molecular formula is C16H25NO2. The van der Waals surface area contributed by atoms with E-state index in [0.717, 1.165) is 25.8 Å². The molecule has 0 fully saturated rings. The van der Waals surface area contributed by atoms with E-state index in [1.165, 1.54) is 18.2 Å². The van der Waals surface area contributed by atoms with E-state index in [4.69, 9.17) is 4.74 Å². The number of aryl methyl sites for hydroxylation is 1. The van der Waals surface area contributed by atoms with E-state index in [2.05, 4.69) is 43.4 Å². The van der Waals surface area contributed by atoms with Gasteiger partial charge in [-0.25, -0.2) is 0 Å². The summed E-state index contributed by atoms with van der Waals surface area (Å²) >= 11 is 0. The fourth-order valence-electron chi connectivity index (χ4n) is 1.99. The highest BCUT2D eigenvalue weighted by atomic mass is 16.5. The van der Waals surface area contributed by atoms with Crippen molar-refractivity contribution in [1.29, 1.82) is 0 Å². The van der Waals surface area contributed by atoms with Crippen molar-refractivity contribution >= 4 is 5.97 Å². The van der Waals surface area contributed by atoms with Gasteiger partial charge in [-0.1, -0.05) is 43.2 Å². The first-order valence-corrected chi connectivity index (χ1v) is 7.01. The third-order valence-electron chi connectivity index (χ3n) is 3.21. The Balaban J connectivity index is 2.56. The molecule has 1 aromatic carbocycles. The number of methoxy groups -OCH3 is 1. The Bertz CT molecular complexity index is 373. The Morgan fingerprint density at radius 3 is 2.58 bits per heavy atom. The highest BCUT2D eigenvalue weighted by molar-refractivity contribution is 5.70. The lowest BCUT2D eigenvalue weighted by molar-refractivity contribution is -0.141. The van der Waals surface area contributed by atoms with Crippen LogP contribution < -0.4 is 5.32 Å². The lowest BCUT2D eigenvalue weighted by Crippen LogP contribution is -2.34. The van der Waals surface area contributed by atoms with Crippen LogP contribution in [0.4, 0.5) is 0 Å². The van der Waals surface area contributed by atoms with E-state index in [-0.39, 0.29) is 12.0 Å². The summed E-state index contributed by atoms with van der Waals surface area (Å²) in [6.45, 7) is 5.19. The molecule has 0 aromatic heterocycles. The molecule has 0 saturated carbocycles. The van der Waals surface area contributed by atoms with E-state index < -0.39 is 0 Å². The average molecular weight is 263 g/mol. The number of benzene rings is 1. The minimum atomic E-state index is -0.152. The molecule has 0 aliphatic carbocycles. The first-order valence-electron chi connectivity index (χ1n) is 7.01. The summed E-state index contributed by atoms with van der Waals surface area (Å²) in [6.07, 6.45) is 3.57. The molecule has 0 radical (unpaired) electrons. The molecule has 1 N–H and O–H groups in total. The zero-order chi connectivity index (χ0) is 14.1. The minimum absolute atomic E-state index is 0.152. The average Bonchev–Trinajstić information content (AvgIpc) is 2.41. The number of rotatable bonds is 8. The number of nitrogens with one attached hydrogen (secondary N) is 1. The SMILES string of the molecule is CCCCNC(CC(=O)OC)Cc1ccc(C)cc1. The summed E-state index contributed by atoms with van der Waals surface area (Å²) < 4.78 is 4.76. The van der Waals surface area contributed by atoms with Crippen LogP contribution in [0.2, 0.25) is 0 Å². The molecular weight excluding hydrogens is 238 g/mol. The van der Waals surface area contributed by atoms with Crippen molar-refractivity contribution < 1.29 is 9.53 Å². The number of unbranched alkanes of at least 4 members (excludes halogenated alkanes) is 1. The molecule has 0 saturated heterocycles. The van der Waals surface area contributed by atoms with Gasteiger partial charge >= 0.3 is 5.97 Å². The molecule has 106 valence electrons. The van der Waals surface area contributed by atoms with Crippen LogP contribution in [0.3, 0.4) is 0 Å². The van der Waals surface area contributed by atoms with Gasteiger partial charge in [0.2, 0.25) is 0 Å². The molecule has 19 heavy (non-hydrogen) atoms. The predicted molar refractivity (Wildman–Crippen MR) is 78.2 cm³/mol. The highest BCUT2D eigenvalue weighted by Gasteiger charge is 2.14. The van der Waals surface area contributed by atoms with Crippen LogP contribution in [-0.4, -0.2) is 25.7 Å². The smallest absolute Gasteiger partial charge is 0.307 e. The van der Waals surface area contributed by atoms with E-state index in [1.54, 1.807) is 0 Å². The first kappa shape index (κ1) is 15.7. The standard InChI is InChI=1S/C16H25NO2/c1-4-5-10-17-15(12-16(18)19-3)11-14-8-6-13(2)7-9-14/h6-9,15,17H,4-5,10-12H2,1-3H3. The molecule has 0 heterocycles. The first-order chi connectivity index (χ1) is 9.15. The molecule has 0 spiro atoms. The zero-order valence-corrected chi connectivity index (χ0v) is 12.2. The Labute approximate surface area is 116 Å². The second-order valence-electron chi connectivity index (χ2n) is 4.97. The molecule has 0 amide bonds. The molecule has 1 rings (SSSR count). The lowest BCUT2D eigenvalue weighted by Gasteiger charge is -2.17. The Hall–Kier alpha value is -1.35. The molecule has 0 aliphatic heterocycles. The molecule has 1 atom stereocenters. The van der Waals surface area contributed by atoms with E-state index in [1.807, 2.05) is 0 Å². The summed E-state index contributed by atoms with van der Waals surface area (Å²) in [5.41, 5.74) is 2.51. The molecule has 3 heteroatoms. The van der Waals surface area contributed by atoms with Crippen molar-refractivity contribution in [2.45, 2.75) is 45.6 Å². The Morgan fingerprint density at radius 1 is 1.32 bits per heavy atom. The number of hydrogen-bond acceptors (Lipinski definition) is 3. The quantitative estimate of drug-likeness (QED) is 0.579. The topological polar surface area (TPSA) is 38.3 Å². The van der Waals surface area contributed by atoms with Gasteiger partial charge in [0.25, 0.3) is 0 Å². The second-order valence-corrected chi connectivity index (χ2v) is 4.97. The number of esters is 1. The van der Waals surface area contributed by atoms with Gasteiger partial charge in [-0.05, 0) is 31.9 Å². The van der Waals surface area contributed by atoms with Crippen molar-refractivity contribution in [2.75, 3.05) is 13.7 Å². The van der Waals surface area contributed by atoms with Gasteiger partial charge in [-0.3, -0.25) is 4.79 Å². The van der Waals surface area contributed by atoms with Crippen LogP contribution in [0.1, 0.15) is 37.3 Å². The van der Waals surface area contributed by atoms with Crippen LogP contribution in [0.25, 0.3) is 0 Å². The third-order valence-corrected chi connectivity index (χ3v) is 3.21. The van der Waals surface area contributed by atoms with Gasteiger partial charge in [0, 0.05) is 6.04 Å². The van der Waals surface area contributed by atoms with Crippen LogP contribution in [0, 0.1) is 6.92 Å². The lowest BCUT2D eigenvalue weighted by atomic mass is 10.0. The minimum Gasteiger partial charge on any atom is -0.469 e. The van der Waals surface area contributed by atoms with Gasteiger partial charge in [0.15, 0.2) is 0 Å². The summed E-state index contributed by atoms with van der Waals surface area (Å²) in [6, 6.07) is 8.62. The zero-order valence-electron chi connectivity index (χ0n) is 12.2. The Kier molecular flexibility index (Phi) is 7.19. The van der Waals surface area contributed by atoms with Crippen LogP contribution >= 0.6 is 0 Å². The van der Waals surface area contributed by atoms with Gasteiger partial charge in [0.1, 0.15) is 0 Å². The largest absolute Gasteiger partial charge is 0.469 e. The fraction of sp³-hybridized carbons (Fsp3) is 0.562. The summed E-state index contributed by atoms with van der Waals surface area (Å²) in [5, 5.41) is 3.45. The van der Waals surface area contributed by atoms with E-state index in [0.29, 0.717) is 6.42 Å². The summed E-state index contributed by atoms with van der Waals surface area (Å²) in [5.74, 6) is -0.152. The van der Waals surface area contributed by atoms with Crippen LogP contribution in [0.15, 0.2) is 24.3 Å². The number of ether oxygens (including phenoxy) is 1. The third kappa shape index (κ3) is 6.39. The van der Waals surface area contributed by atoms with E-state index >= 15 is 0 Å². The molecule has 1 unspecified atom stereocenters. The van der Waals surface area contributed by atoms with E-state index in [9.17, 15) is 4.79 Å². The summed E-state index contributed by atoms with van der Waals surface area (Å²) in [7, 11) is 1.44. The van der Waals surface area contributed by atoms with Crippen molar-refractivity contribution in [3.05, 3.63) is 35.4 Å². The summed E-state index contributed by atoms with van der Waals surface area (Å²) in [4.78, 5) is 11.4. The van der Waals surface area contributed by atoms with Crippen molar-refractivity contribution in [3.63, 3.8) is 0 Å². The molecule has 3 nitrogen and oxygen atoms in total. The maximum Gasteiger partial charge on any atom is 0.307 e. The highest BCUT2D eigenvalue weighted by Crippen LogP contribution is 2.09. The normalized spacial score (nSPS) is 12.2. The van der Waals surface area contributed by atoms with Crippen LogP contribution in [-0.2, 0) is 16.0 Å². The molecule has 0 bridgehead atoms. The fourth-order valence-corrected chi connectivity index (χ4v) is 1.99. The van der Waals surface area contributed by atoms with Gasteiger partial charge in [-0.2, -0.15) is 0 Å². The monoisotopic (exact) mass is 263 g/mol. The molecule has 0 aliphatic rings. The van der Waals surface area contributed by atoms with Crippen molar-refractivity contribution in [3.8, 4) is 0 Å². The predicted octanol–water partition coefficient (Wildman–Crippen LogP) is 2.86. The number of carbonyl (C=O) groups is 1. The Morgan fingerprint density at radius 2 is 2.00 bits per heavy atom. The van der Waals surface area contributed by atoms with Crippen molar-refractivity contribution in [1.82, 2.24) is 5.32 Å². The second kappa shape index (κ2) is 8.70. The van der Waals surface area contributed by atoms with Crippen molar-refractivity contribution in [2.24, 2.45) is 0 Å². The van der Waals surface area contributed by atoms with Gasteiger partial charge in [0.05, 0.1) is 13.5 Å². The maximum atomic E-state index is 11.4. The number of carbonyl (C=O) groups excluding carboxylic acids is 1. The molecule has 1 aromatic rings. The van der Waals surface area contributed by atoms with Crippen LogP contribution in [0.5, 0.6) is 0 Å². The van der Waals surface area contributed by atoms with Gasteiger partial charge < -0.3 is 10.1 Å².